The molecule has 0 aliphatic carbocycles. The normalized spacial score (nSPS) is 16.5. The Morgan fingerprint density at radius 3 is 2.39 bits per heavy atom. The smallest absolute Gasteiger partial charge is 0.329 e. The first-order chi connectivity index (χ1) is 17.3. The Balaban J connectivity index is 2.00. The standard InChI is InChI=1S/C27H40N2O7/c1-3-4-5-7-12-19(13-8-6-9-15-22(31)25(28)32)36-27(34)20-14-11-18-29(20)26(33)24-21(30)16-10-17-23(24)35-2/h10-11,16-20,22,30-31H,3-9,12-15H2,1-2H3,(H2,28,32). The Hall–Kier alpha value is -3.07. The summed E-state index contributed by atoms with van der Waals surface area (Å²) in [5.41, 5.74) is 5.09. The van der Waals surface area contributed by atoms with Crippen LogP contribution in [-0.2, 0) is 14.3 Å². The van der Waals surface area contributed by atoms with E-state index in [2.05, 4.69) is 6.92 Å². The molecule has 3 atom stereocenters. The Kier molecular flexibility index (Phi) is 12.3. The minimum atomic E-state index is -1.13. The molecular formula is C27H40N2O7. The second kappa shape index (κ2) is 15.1. The molecule has 4 N–H and O–H groups in total. The van der Waals surface area contributed by atoms with Gasteiger partial charge in [0.2, 0.25) is 5.91 Å². The third-order valence-electron chi connectivity index (χ3n) is 6.40. The monoisotopic (exact) mass is 504 g/mol. The molecule has 200 valence electrons. The number of nitrogens with zero attached hydrogens (tertiary/aromatic N) is 1. The van der Waals surface area contributed by atoms with Gasteiger partial charge in [-0.25, -0.2) is 4.79 Å². The second-order valence-corrected chi connectivity index (χ2v) is 9.17. The fourth-order valence-electron chi connectivity index (χ4n) is 4.31. The molecule has 9 nitrogen and oxygen atoms in total. The number of amides is 2. The number of phenols is 1. The van der Waals surface area contributed by atoms with Gasteiger partial charge in [-0.1, -0.05) is 51.2 Å². The Morgan fingerprint density at radius 1 is 1.08 bits per heavy atom. The lowest BCUT2D eigenvalue weighted by Gasteiger charge is -2.26. The van der Waals surface area contributed by atoms with Crippen LogP contribution in [0.25, 0.3) is 0 Å². The molecule has 0 fully saturated rings. The maximum absolute atomic E-state index is 13.2. The van der Waals surface area contributed by atoms with Gasteiger partial charge in [0.15, 0.2) is 0 Å². The van der Waals surface area contributed by atoms with Crippen molar-refractivity contribution in [3.8, 4) is 11.5 Å². The molecule has 0 aromatic heterocycles. The van der Waals surface area contributed by atoms with Gasteiger partial charge in [0, 0.05) is 6.20 Å². The summed E-state index contributed by atoms with van der Waals surface area (Å²) in [4.78, 5) is 38.6. The number of phenolic OH excluding ortho intramolecular Hbond substituents is 1. The Morgan fingerprint density at radius 2 is 1.75 bits per heavy atom. The van der Waals surface area contributed by atoms with Crippen LogP contribution < -0.4 is 10.5 Å². The van der Waals surface area contributed by atoms with Crippen molar-refractivity contribution in [2.24, 2.45) is 5.73 Å². The van der Waals surface area contributed by atoms with Crippen molar-refractivity contribution in [1.29, 1.82) is 0 Å². The van der Waals surface area contributed by atoms with Gasteiger partial charge < -0.3 is 30.3 Å². The average molecular weight is 505 g/mol. The van der Waals surface area contributed by atoms with E-state index in [0.717, 1.165) is 44.9 Å². The van der Waals surface area contributed by atoms with Gasteiger partial charge in [0.1, 0.15) is 35.3 Å². The summed E-state index contributed by atoms with van der Waals surface area (Å²) in [5.74, 6) is -1.73. The molecule has 0 saturated carbocycles. The highest BCUT2D eigenvalue weighted by atomic mass is 16.5. The van der Waals surface area contributed by atoms with Crippen LogP contribution in [-0.4, -0.2) is 58.3 Å². The van der Waals surface area contributed by atoms with Crippen LogP contribution in [0.15, 0.2) is 30.5 Å². The summed E-state index contributed by atoms with van der Waals surface area (Å²) < 4.78 is 11.1. The van der Waals surface area contributed by atoms with Crippen molar-refractivity contribution in [2.75, 3.05) is 7.11 Å². The minimum Gasteiger partial charge on any atom is -0.507 e. The fourth-order valence-corrected chi connectivity index (χ4v) is 4.31. The molecule has 0 radical (unpaired) electrons. The number of esters is 1. The van der Waals surface area contributed by atoms with E-state index < -0.39 is 29.9 Å². The van der Waals surface area contributed by atoms with Crippen LogP contribution in [0.4, 0.5) is 0 Å². The molecule has 1 aromatic rings. The number of hydrogen-bond donors (Lipinski definition) is 3. The summed E-state index contributed by atoms with van der Waals surface area (Å²) in [6, 6.07) is 3.74. The van der Waals surface area contributed by atoms with Gasteiger partial charge in [-0.15, -0.1) is 0 Å². The molecule has 1 heterocycles. The summed E-state index contributed by atoms with van der Waals surface area (Å²) in [6.07, 6.45) is 10.3. The van der Waals surface area contributed by atoms with Crippen LogP contribution >= 0.6 is 0 Å². The largest absolute Gasteiger partial charge is 0.507 e. The third kappa shape index (κ3) is 8.55. The summed E-state index contributed by atoms with van der Waals surface area (Å²) in [5, 5.41) is 19.8. The van der Waals surface area contributed by atoms with Gasteiger partial charge in [0.25, 0.3) is 5.91 Å². The third-order valence-corrected chi connectivity index (χ3v) is 6.40. The number of carbonyl (C=O) groups excluding carboxylic acids is 3. The molecule has 1 aliphatic rings. The first-order valence-electron chi connectivity index (χ1n) is 12.8. The van der Waals surface area contributed by atoms with E-state index in [-0.39, 0.29) is 23.2 Å². The van der Waals surface area contributed by atoms with Crippen molar-refractivity contribution in [2.45, 2.75) is 95.8 Å². The number of aliphatic hydroxyl groups excluding tert-OH is 1. The van der Waals surface area contributed by atoms with Gasteiger partial charge in [-0.2, -0.15) is 0 Å². The van der Waals surface area contributed by atoms with E-state index in [4.69, 9.17) is 15.2 Å². The van der Waals surface area contributed by atoms with Crippen molar-refractivity contribution < 1.29 is 34.1 Å². The SMILES string of the molecule is CCCCCCC(CCCCCC(O)C(N)=O)OC(=O)C1CC=CN1C(=O)c1c(O)cccc1OC. The van der Waals surface area contributed by atoms with Gasteiger partial charge >= 0.3 is 5.97 Å². The van der Waals surface area contributed by atoms with E-state index in [1.807, 2.05) is 0 Å². The number of benzene rings is 1. The topological polar surface area (TPSA) is 139 Å². The number of nitrogens with two attached hydrogens (primary N) is 1. The zero-order valence-corrected chi connectivity index (χ0v) is 21.4. The molecule has 3 unspecified atom stereocenters. The highest BCUT2D eigenvalue weighted by Gasteiger charge is 2.36. The Bertz CT molecular complexity index is 902. The van der Waals surface area contributed by atoms with Crippen molar-refractivity contribution in [3.05, 3.63) is 36.0 Å². The average Bonchev–Trinajstić information content (AvgIpc) is 3.35. The minimum absolute atomic E-state index is 0.00128. The van der Waals surface area contributed by atoms with Gasteiger partial charge in [-0.05, 0) is 50.7 Å². The van der Waals surface area contributed by atoms with E-state index >= 15 is 0 Å². The molecule has 0 saturated heterocycles. The molecule has 1 aromatic carbocycles. The molecular weight excluding hydrogens is 464 g/mol. The number of methoxy groups -OCH3 is 1. The summed E-state index contributed by atoms with van der Waals surface area (Å²) in [7, 11) is 1.41. The predicted molar refractivity (Wildman–Crippen MR) is 135 cm³/mol. The fraction of sp³-hybridized carbons (Fsp3) is 0.593. The molecule has 1 aliphatic heterocycles. The van der Waals surface area contributed by atoms with Crippen LogP contribution in [0.5, 0.6) is 11.5 Å². The lowest BCUT2D eigenvalue weighted by atomic mass is 10.0. The van der Waals surface area contributed by atoms with E-state index in [9.17, 15) is 24.6 Å². The second-order valence-electron chi connectivity index (χ2n) is 9.17. The van der Waals surface area contributed by atoms with Crippen LogP contribution in [0.3, 0.4) is 0 Å². The van der Waals surface area contributed by atoms with Gasteiger partial charge in [-0.3, -0.25) is 9.59 Å². The number of primary amides is 1. The van der Waals surface area contributed by atoms with Gasteiger partial charge in [0.05, 0.1) is 7.11 Å². The highest BCUT2D eigenvalue weighted by Crippen LogP contribution is 2.31. The summed E-state index contributed by atoms with van der Waals surface area (Å²) >= 11 is 0. The lowest BCUT2D eigenvalue weighted by Crippen LogP contribution is -2.41. The van der Waals surface area contributed by atoms with E-state index in [0.29, 0.717) is 25.7 Å². The zero-order chi connectivity index (χ0) is 26.5. The first kappa shape index (κ1) is 29.2. The molecule has 2 rings (SSSR count). The van der Waals surface area contributed by atoms with Crippen LogP contribution in [0.2, 0.25) is 0 Å². The van der Waals surface area contributed by atoms with Crippen molar-refractivity contribution in [1.82, 2.24) is 4.90 Å². The maximum atomic E-state index is 13.2. The van der Waals surface area contributed by atoms with Crippen LogP contribution in [0, 0.1) is 0 Å². The lowest BCUT2D eigenvalue weighted by molar-refractivity contribution is -0.154. The highest BCUT2D eigenvalue weighted by molar-refractivity contribution is 6.02. The van der Waals surface area contributed by atoms with Crippen LogP contribution in [0.1, 0.15) is 87.9 Å². The number of ether oxygens (including phenoxy) is 2. The number of hydrogen-bond acceptors (Lipinski definition) is 7. The molecule has 0 bridgehead atoms. The summed E-state index contributed by atoms with van der Waals surface area (Å²) in [6.45, 7) is 2.14. The zero-order valence-electron chi connectivity index (χ0n) is 21.4. The number of aromatic hydroxyl groups is 1. The number of aliphatic hydroxyl groups is 1. The number of carbonyl (C=O) groups is 3. The quantitative estimate of drug-likeness (QED) is 0.230. The molecule has 0 spiro atoms. The molecule has 36 heavy (non-hydrogen) atoms. The number of unbranched alkanes of at least 4 members (excludes halogenated alkanes) is 5. The molecule has 2 amide bonds. The van der Waals surface area contributed by atoms with Crippen molar-refractivity contribution in [3.63, 3.8) is 0 Å². The Labute approximate surface area is 213 Å². The first-order valence-corrected chi connectivity index (χ1v) is 12.8. The van der Waals surface area contributed by atoms with E-state index in [1.165, 1.54) is 18.1 Å². The number of rotatable bonds is 16. The molecule has 9 heteroatoms. The maximum Gasteiger partial charge on any atom is 0.329 e. The van der Waals surface area contributed by atoms with Crippen molar-refractivity contribution >= 4 is 17.8 Å². The predicted octanol–water partition coefficient (Wildman–Crippen LogP) is 3.81. The van der Waals surface area contributed by atoms with E-state index in [1.54, 1.807) is 24.4 Å².